The second kappa shape index (κ2) is 6.36. The zero-order valence-corrected chi connectivity index (χ0v) is 15.7. The van der Waals surface area contributed by atoms with Crippen LogP contribution < -0.4 is 5.56 Å². The molecular formula is C18H22N2OS2. The maximum Gasteiger partial charge on any atom is 0.258 e. The lowest BCUT2D eigenvalue weighted by Gasteiger charge is -2.19. The van der Waals surface area contributed by atoms with Gasteiger partial charge in [-0.2, -0.15) is 0 Å². The lowest BCUT2D eigenvalue weighted by atomic mass is 9.87. The van der Waals surface area contributed by atoms with Gasteiger partial charge in [0.2, 0.25) is 0 Å². The van der Waals surface area contributed by atoms with E-state index in [0.29, 0.717) is 0 Å². The monoisotopic (exact) mass is 346 g/mol. The number of hydrogen-bond donors (Lipinski definition) is 0. The van der Waals surface area contributed by atoms with Gasteiger partial charge < -0.3 is 0 Å². The summed E-state index contributed by atoms with van der Waals surface area (Å²) >= 11 is 3.33. The minimum Gasteiger partial charge on any atom is -0.286 e. The van der Waals surface area contributed by atoms with Crippen LogP contribution in [0.5, 0.6) is 0 Å². The SMILES string of the molecule is Cc1c(SCc2ccc(C(C)(C)C)cc2)nc2n(c1=O)CCS2. The predicted molar refractivity (Wildman–Crippen MR) is 98.7 cm³/mol. The van der Waals surface area contributed by atoms with E-state index in [0.717, 1.165) is 33.8 Å². The van der Waals surface area contributed by atoms with Crippen molar-refractivity contribution in [2.24, 2.45) is 0 Å². The van der Waals surface area contributed by atoms with Gasteiger partial charge in [-0.15, -0.1) is 11.8 Å². The average Bonchev–Trinajstić information content (AvgIpc) is 2.97. The Balaban J connectivity index is 1.76. The van der Waals surface area contributed by atoms with Crippen molar-refractivity contribution in [2.45, 2.75) is 55.6 Å². The molecule has 0 unspecified atom stereocenters. The summed E-state index contributed by atoms with van der Waals surface area (Å²) in [4.78, 5) is 17.0. The first-order chi connectivity index (χ1) is 10.9. The van der Waals surface area contributed by atoms with Crippen LogP contribution in [0.15, 0.2) is 39.2 Å². The summed E-state index contributed by atoms with van der Waals surface area (Å²) < 4.78 is 1.79. The lowest BCUT2D eigenvalue weighted by Crippen LogP contribution is -2.23. The van der Waals surface area contributed by atoms with Gasteiger partial charge in [-0.1, -0.05) is 56.8 Å². The molecule has 1 aliphatic rings. The van der Waals surface area contributed by atoms with Crippen molar-refractivity contribution in [2.75, 3.05) is 5.75 Å². The third-order valence-corrected chi connectivity index (χ3v) is 6.16. The average molecular weight is 347 g/mol. The minimum absolute atomic E-state index is 0.116. The first-order valence-electron chi connectivity index (χ1n) is 7.83. The summed E-state index contributed by atoms with van der Waals surface area (Å²) in [6.07, 6.45) is 0. The number of benzene rings is 1. The van der Waals surface area contributed by atoms with E-state index in [1.54, 1.807) is 28.1 Å². The zero-order chi connectivity index (χ0) is 16.6. The van der Waals surface area contributed by atoms with Crippen LogP contribution in [-0.4, -0.2) is 15.3 Å². The highest BCUT2D eigenvalue weighted by Gasteiger charge is 2.19. The van der Waals surface area contributed by atoms with Gasteiger partial charge in [0, 0.05) is 23.6 Å². The van der Waals surface area contributed by atoms with E-state index >= 15 is 0 Å². The Morgan fingerprint density at radius 3 is 2.61 bits per heavy atom. The van der Waals surface area contributed by atoms with Crippen molar-refractivity contribution < 1.29 is 0 Å². The molecule has 0 bridgehead atoms. The van der Waals surface area contributed by atoms with Gasteiger partial charge in [0.1, 0.15) is 5.03 Å². The molecule has 0 spiro atoms. The summed E-state index contributed by atoms with van der Waals surface area (Å²) in [5, 5.41) is 1.74. The Hall–Kier alpha value is -1.20. The molecule has 1 aromatic carbocycles. The molecule has 3 rings (SSSR count). The molecule has 0 radical (unpaired) electrons. The molecule has 122 valence electrons. The van der Waals surface area contributed by atoms with Gasteiger partial charge in [0.15, 0.2) is 5.16 Å². The number of aromatic nitrogens is 2. The highest BCUT2D eigenvalue weighted by molar-refractivity contribution is 7.99. The summed E-state index contributed by atoms with van der Waals surface area (Å²) in [7, 11) is 0. The fourth-order valence-corrected chi connectivity index (χ4v) is 4.49. The molecule has 0 amide bonds. The molecule has 0 aliphatic carbocycles. The molecule has 23 heavy (non-hydrogen) atoms. The van der Waals surface area contributed by atoms with Crippen LogP contribution in [0, 0.1) is 6.92 Å². The molecule has 2 aromatic rings. The fraction of sp³-hybridized carbons (Fsp3) is 0.444. The molecule has 1 aliphatic heterocycles. The minimum atomic E-state index is 0.116. The normalized spacial score (nSPS) is 14.1. The Morgan fingerprint density at radius 2 is 1.96 bits per heavy atom. The van der Waals surface area contributed by atoms with E-state index in [4.69, 9.17) is 0 Å². The maximum absolute atomic E-state index is 12.3. The molecule has 0 N–H and O–H groups in total. The zero-order valence-electron chi connectivity index (χ0n) is 14.0. The number of rotatable bonds is 3. The smallest absolute Gasteiger partial charge is 0.258 e. The number of nitrogens with zero attached hydrogens (tertiary/aromatic N) is 2. The molecule has 0 fully saturated rings. The predicted octanol–water partition coefficient (Wildman–Crippen LogP) is 4.25. The van der Waals surface area contributed by atoms with Crippen LogP contribution in [0.4, 0.5) is 0 Å². The van der Waals surface area contributed by atoms with Crippen LogP contribution in [0.1, 0.15) is 37.5 Å². The molecule has 0 atom stereocenters. The van der Waals surface area contributed by atoms with Gasteiger partial charge >= 0.3 is 0 Å². The summed E-state index contributed by atoms with van der Waals surface area (Å²) in [6, 6.07) is 8.75. The molecule has 0 saturated heterocycles. The summed E-state index contributed by atoms with van der Waals surface area (Å²) in [5.41, 5.74) is 3.67. The lowest BCUT2D eigenvalue weighted by molar-refractivity contribution is 0.590. The Bertz CT molecular complexity index is 773. The van der Waals surface area contributed by atoms with Gasteiger partial charge in [0.25, 0.3) is 5.56 Å². The third-order valence-electron chi connectivity index (χ3n) is 4.06. The van der Waals surface area contributed by atoms with E-state index in [1.165, 1.54) is 11.1 Å². The van der Waals surface area contributed by atoms with Crippen molar-refractivity contribution >= 4 is 23.5 Å². The second-order valence-corrected chi connectivity index (χ2v) is 8.89. The second-order valence-electron chi connectivity index (χ2n) is 6.87. The van der Waals surface area contributed by atoms with Crippen LogP contribution in [0.25, 0.3) is 0 Å². The standard InChI is InChI=1S/C18H22N2OS2/c1-12-15(19-17-20(16(12)21)9-10-22-17)23-11-13-5-7-14(8-6-13)18(2,3)4/h5-8H,9-11H2,1-4H3. The van der Waals surface area contributed by atoms with Crippen molar-refractivity contribution in [3.05, 3.63) is 51.3 Å². The van der Waals surface area contributed by atoms with Crippen molar-refractivity contribution in [3.63, 3.8) is 0 Å². The number of fused-ring (bicyclic) bond motifs is 1. The van der Waals surface area contributed by atoms with E-state index in [-0.39, 0.29) is 11.0 Å². The maximum atomic E-state index is 12.3. The Morgan fingerprint density at radius 1 is 1.26 bits per heavy atom. The molecule has 1 aromatic heterocycles. The van der Waals surface area contributed by atoms with E-state index in [1.807, 2.05) is 6.92 Å². The quantitative estimate of drug-likeness (QED) is 0.473. The van der Waals surface area contributed by atoms with Gasteiger partial charge in [0.05, 0.1) is 0 Å². The van der Waals surface area contributed by atoms with Crippen LogP contribution >= 0.6 is 23.5 Å². The molecule has 3 nitrogen and oxygen atoms in total. The summed E-state index contributed by atoms with van der Waals surface area (Å²) in [5.74, 6) is 1.79. The van der Waals surface area contributed by atoms with Crippen LogP contribution in [0.3, 0.4) is 0 Å². The van der Waals surface area contributed by atoms with Crippen LogP contribution in [-0.2, 0) is 17.7 Å². The van der Waals surface area contributed by atoms with E-state index in [9.17, 15) is 4.79 Å². The highest BCUT2D eigenvalue weighted by atomic mass is 32.2. The third kappa shape index (κ3) is 3.50. The molecule has 2 heterocycles. The fourth-order valence-electron chi connectivity index (χ4n) is 2.54. The summed E-state index contributed by atoms with van der Waals surface area (Å²) in [6.45, 7) is 9.33. The topological polar surface area (TPSA) is 34.9 Å². The Kier molecular flexibility index (Phi) is 4.61. The highest BCUT2D eigenvalue weighted by Crippen LogP contribution is 2.29. The number of hydrogen-bond acceptors (Lipinski definition) is 4. The van der Waals surface area contributed by atoms with Crippen molar-refractivity contribution in [1.82, 2.24) is 9.55 Å². The van der Waals surface area contributed by atoms with E-state index < -0.39 is 0 Å². The Labute approximate surface area is 145 Å². The molecular weight excluding hydrogens is 324 g/mol. The number of thioether (sulfide) groups is 2. The van der Waals surface area contributed by atoms with Crippen molar-refractivity contribution in [3.8, 4) is 0 Å². The van der Waals surface area contributed by atoms with Crippen molar-refractivity contribution in [1.29, 1.82) is 0 Å². The first kappa shape index (κ1) is 16.7. The molecule has 0 saturated carbocycles. The van der Waals surface area contributed by atoms with Gasteiger partial charge in [-0.05, 0) is 23.5 Å². The van der Waals surface area contributed by atoms with Gasteiger partial charge in [-0.3, -0.25) is 9.36 Å². The first-order valence-corrected chi connectivity index (χ1v) is 9.80. The van der Waals surface area contributed by atoms with Gasteiger partial charge in [-0.25, -0.2) is 4.98 Å². The molecule has 5 heteroatoms. The van der Waals surface area contributed by atoms with E-state index in [2.05, 4.69) is 50.0 Å². The van der Waals surface area contributed by atoms with Crippen LogP contribution in [0.2, 0.25) is 0 Å². The largest absolute Gasteiger partial charge is 0.286 e.